The van der Waals surface area contributed by atoms with Crippen molar-refractivity contribution in [2.45, 2.75) is 31.9 Å². The molecule has 1 unspecified atom stereocenters. The topological polar surface area (TPSA) is 56.7 Å². The molecule has 2 saturated heterocycles. The summed E-state index contributed by atoms with van der Waals surface area (Å²) in [6.45, 7) is 4.27. The van der Waals surface area contributed by atoms with E-state index in [1.165, 1.54) is 0 Å². The summed E-state index contributed by atoms with van der Waals surface area (Å²) in [7, 11) is 0. The Morgan fingerprint density at radius 1 is 1.42 bits per heavy atom. The number of hydrogen-bond acceptors (Lipinski definition) is 4. The van der Waals surface area contributed by atoms with Crippen molar-refractivity contribution in [3.05, 3.63) is 24.0 Å². The summed E-state index contributed by atoms with van der Waals surface area (Å²) in [4.78, 5) is 20.2. The summed E-state index contributed by atoms with van der Waals surface area (Å²) in [5.41, 5.74) is 1.77. The molecular weight excluding hydrogens is 242 g/mol. The molecule has 0 saturated carbocycles. The quantitative estimate of drug-likeness (QED) is 0.861. The van der Waals surface area contributed by atoms with E-state index in [0.29, 0.717) is 24.1 Å². The molecule has 0 bridgehead atoms. The highest BCUT2D eigenvalue weighted by molar-refractivity contribution is 5.79. The lowest BCUT2D eigenvalue weighted by molar-refractivity contribution is -0.129. The van der Waals surface area contributed by atoms with E-state index in [4.69, 9.17) is 0 Å². The Balaban J connectivity index is 1.71. The largest absolute Gasteiger partial charge is 0.387 e. The van der Waals surface area contributed by atoms with E-state index in [1.54, 1.807) is 6.92 Å². The molecule has 0 aromatic carbocycles. The molecule has 19 heavy (non-hydrogen) atoms. The minimum absolute atomic E-state index is 0.298. The molecule has 1 aromatic rings. The van der Waals surface area contributed by atoms with Gasteiger partial charge in [-0.25, -0.2) is 0 Å². The fourth-order valence-corrected chi connectivity index (χ4v) is 2.93. The van der Waals surface area contributed by atoms with E-state index in [1.807, 2.05) is 23.2 Å². The molecule has 0 aliphatic carbocycles. The predicted molar refractivity (Wildman–Crippen MR) is 71.8 cm³/mol. The second-order valence-corrected chi connectivity index (χ2v) is 5.34. The number of aliphatic hydroxyl groups excluding tert-OH is 1. The van der Waals surface area contributed by atoms with Crippen LogP contribution in [0.4, 0.5) is 5.69 Å². The van der Waals surface area contributed by atoms with Crippen molar-refractivity contribution in [1.82, 2.24) is 9.88 Å². The first-order chi connectivity index (χ1) is 9.15. The van der Waals surface area contributed by atoms with E-state index >= 15 is 0 Å². The average Bonchev–Trinajstić information content (AvgIpc) is 2.80. The van der Waals surface area contributed by atoms with Gasteiger partial charge >= 0.3 is 0 Å². The molecule has 0 radical (unpaired) electrons. The average molecular weight is 261 g/mol. The highest BCUT2D eigenvalue weighted by Crippen LogP contribution is 2.26. The maximum Gasteiger partial charge on any atom is 0.223 e. The first kappa shape index (κ1) is 12.4. The molecule has 1 amide bonds. The van der Waals surface area contributed by atoms with E-state index in [0.717, 1.165) is 31.7 Å². The maximum atomic E-state index is 11.6. The van der Waals surface area contributed by atoms with E-state index in [2.05, 4.69) is 9.88 Å². The Hall–Kier alpha value is -1.62. The summed E-state index contributed by atoms with van der Waals surface area (Å²) in [5.74, 6) is 0.298. The highest BCUT2D eigenvalue weighted by Gasteiger charge is 2.35. The monoisotopic (exact) mass is 261 g/mol. The van der Waals surface area contributed by atoms with Crippen molar-refractivity contribution in [2.24, 2.45) is 0 Å². The van der Waals surface area contributed by atoms with Gasteiger partial charge in [-0.15, -0.1) is 0 Å². The molecule has 1 N–H and O–H groups in total. The third kappa shape index (κ3) is 2.30. The number of aromatic nitrogens is 1. The third-order valence-corrected chi connectivity index (χ3v) is 4.06. The number of piperazine rings is 1. The van der Waals surface area contributed by atoms with Crippen molar-refractivity contribution in [3.63, 3.8) is 0 Å². The van der Waals surface area contributed by atoms with Gasteiger partial charge in [0.15, 0.2) is 0 Å². The van der Waals surface area contributed by atoms with Gasteiger partial charge < -0.3 is 14.9 Å². The summed E-state index contributed by atoms with van der Waals surface area (Å²) >= 11 is 0. The fourth-order valence-electron chi connectivity index (χ4n) is 2.93. The Morgan fingerprint density at radius 2 is 2.26 bits per heavy atom. The number of nitrogens with zero attached hydrogens (tertiary/aromatic N) is 3. The first-order valence-electron chi connectivity index (χ1n) is 6.83. The van der Waals surface area contributed by atoms with Crippen LogP contribution in [0.5, 0.6) is 0 Å². The lowest BCUT2D eigenvalue weighted by Crippen LogP contribution is -2.51. The molecule has 3 heterocycles. The summed E-state index contributed by atoms with van der Waals surface area (Å²) < 4.78 is 0. The Kier molecular flexibility index (Phi) is 3.14. The minimum atomic E-state index is -0.529. The molecule has 2 atom stereocenters. The normalized spacial score (nSPS) is 24.5. The zero-order chi connectivity index (χ0) is 13.4. The Bertz CT molecular complexity index is 472. The zero-order valence-electron chi connectivity index (χ0n) is 11.1. The molecule has 5 heteroatoms. The van der Waals surface area contributed by atoms with Crippen LogP contribution in [-0.4, -0.2) is 46.6 Å². The zero-order valence-corrected chi connectivity index (χ0v) is 11.1. The van der Waals surface area contributed by atoms with Crippen molar-refractivity contribution in [2.75, 3.05) is 24.5 Å². The number of aliphatic hydroxyl groups is 1. The molecule has 2 aliphatic heterocycles. The van der Waals surface area contributed by atoms with Gasteiger partial charge in [0, 0.05) is 32.1 Å². The van der Waals surface area contributed by atoms with Crippen LogP contribution in [0.15, 0.2) is 18.3 Å². The van der Waals surface area contributed by atoms with Crippen LogP contribution in [0.1, 0.15) is 31.6 Å². The molecule has 2 aliphatic rings. The summed E-state index contributed by atoms with van der Waals surface area (Å²) in [6.07, 6.45) is 2.94. The van der Waals surface area contributed by atoms with E-state index in [-0.39, 0.29) is 0 Å². The summed E-state index contributed by atoms with van der Waals surface area (Å²) in [6, 6.07) is 4.23. The number of rotatable bonds is 2. The number of carbonyl (C=O) groups is 1. The van der Waals surface area contributed by atoms with Crippen molar-refractivity contribution >= 4 is 11.6 Å². The van der Waals surface area contributed by atoms with E-state index in [9.17, 15) is 9.90 Å². The van der Waals surface area contributed by atoms with Crippen molar-refractivity contribution in [1.29, 1.82) is 0 Å². The van der Waals surface area contributed by atoms with Gasteiger partial charge in [-0.3, -0.25) is 9.78 Å². The predicted octanol–water partition coefficient (Wildman–Crippen LogP) is 0.946. The van der Waals surface area contributed by atoms with Gasteiger partial charge in [-0.1, -0.05) is 0 Å². The standard InChI is InChI=1S/C14H19N3O2/c1-10(18)13-4-2-11(8-15-13)16-6-7-17-12(9-16)3-5-14(17)19/h2,4,8,10,12,18H,3,5-7,9H2,1H3/t10-,12?/m0/s1. The number of hydrogen-bond donors (Lipinski definition) is 1. The number of anilines is 1. The van der Waals surface area contributed by atoms with Crippen LogP contribution in [0, 0.1) is 0 Å². The second kappa shape index (κ2) is 4.81. The molecule has 2 fully saturated rings. The van der Waals surface area contributed by atoms with Gasteiger partial charge in [0.25, 0.3) is 0 Å². The molecule has 3 rings (SSSR count). The Labute approximate surface area is 112 Å². The number of pyridine rings is 1. The first-order valence-corrected chi connectivity index (χ1v) is 6.83. The van der Waals surface area contributed by atoms with Gasteiger partial charge in [0.1, 0.15) is 0 Å². The maximum absolute atomic E-state index is 11.6. The van der Waals surface area contributed by atoms with Gasteiger partial charge in [-0.05, 0) is 25.5 Å². The van der Waals surface area contributed by atoms with Gasteiger partial charge in [0.05, 0.1) is 23.7 Å². The second-order valence-electron chi connectivity index (χ2n) is 5.34. The highest BCUT2D eigenvalue weighted by atomic mass is 16.3. The summed E-state index contributed by atoms with van der Waals surface area (Å²) in [5, 5.41) is 9.46. The van der Waals surface area contributed by atoms with Gasteiger partial charge in [-0.2, -0.15) is 0 Å². The van der Waals surface area contributed by atoms with Gasteiger partial charge in [0.2, 0.25) is 5.91 Å². The van der Waals surface area contributed by atoms with Crippen molar-refractivity contribution in [3.8, 4) is 0 Å². The van der Waals surface area contributed by atoms with Crippen LogP contribution in [0.2, 0.25) is 0 Å². The molecule has 1 aromatic heterocycles. The lowest BCUT2D eigenvalue weighted by atomic mass is 10.1. The van der Waals surface area contributed by atoms with Crippen LogP contribution >= 0.6 is 0 Å². The van der Waals surface area contributed by atoms with E-state index < -0.39 is 6.10 Å². The van der Waals surface area contributed by atoms with Crippen LogP contribution in [0.3, 0.4) is 0 Å². The number of amides is 1. The third-order valence-electron chi connectivity index (χ3n) is 4.06. The number of carbonyl (C=O) groups excluding carboxylic acids is 1. The molecular formula is C14H19N3O2. The molecule has 0 spiro atoms. The lowest BCUT2D eigenvalue weighted by Gasteiger charge is -2.38. The Morgan fingerprint density at radius 3 is 2.95 bits per heavy atom. The molecule has 5 nitrogen and oxygen atoms in total. The SMILES string of the molecule is C[C@H](O)c1ccc(N2CCN3C(=O)CCC3C2)cn1. The van der Waals surface area contributed by atoms with Crippen molar-refractivity contribution < 1.29 is 9.90 Å². The van der Waals surface area contributed by atoms with Crippen LogP contribution < -0.4 is 4.90 Å². The minimum Gasteiger partial charge on any atom is -0.387 e. The number of fused-ring (bicyclic) bond motifs is 1. The fraction of sp³-hybridized carbons (Fsp3) is 0.571. The molecule has 102 valence electrons. The van der Waals surface area contributed by atoms with Crippen LogP contribution in [0.25, 0.3) is 0 Å². The van der Waals surface area contributed by atoms with Crippen LogP contribution in [-0.2, 0) is 4.79 Å². The smallest absolute Gasteiger partial charge is 0.223 e.